The van der Waals surface area contributed by atoms with E-state index in [4.69, 9.17) is 16.3 Å². The summed E-state index contributed by atoms with van der Waals surface area (Å²) in [5.41, 5.74) is 1.91. The van der Waals surface area contributed by atoms with E-state index in [0.717, 1.165) is 16.9 Å². The lowest BCUT2D eigenvalue weighted by atomic mass is 10.1. The van der Waals surface area contributed by atoms with Gasteiger partial charge in [-0.1, -0.05) is 62.7 Å². The molecule has 2 aromatic carbocycles. The largest absolute Gasteiger partial charge is 0.497 e. The summed E-state index contributed by atoms with van der Waals surface area (Å²) in [5, 5.41) is 3.68. The van der Waals surface area contributed by atoms with Gasteiger partial charge in [0.25, 0.3) is 0 Å². The molecular weight excluding hydrogens is 444 g/mol. The first-order chi connectivity index (χ1) is 15.3. The molecule has 0 heterocycles. The molecule has 1 atom stereocenters. The molecule has 1 N–H and O–H groups in total. The van der Waals surface area contributed by atoms with Crippen molar-refractivity contribution < 1.29 is 14.3 Å². The van der Waals surface area contributed by atoms with Crippen LogP contribution in [-0.2, 0) is 21.9 Å². The van der Waals surface area contributed by atoms with Crippen LogP contribution in [0.3, 0.4) is 0 Å². The number of hydrogen-bond acceptors (Lipinski definition) is 4. The van der Waals surface area contributed by atoms with E-state index in [-0.39, 0.29) is 17.6 Å². The van der Waals surface area contributed by atoms with Crippen LogP contribution in [0.5, 0.6) is 5.75 Å². The number of methoxy groups -OCH3 is 1. The lowest BCUT2D eigenvalue weighted by molar-refractivity contribution is -0.139. The highest BCUT2D eigenvalue weighted by Crippen LogP contribution is 2.22. The Hall–Kier alpha value is -2.18. The molecular formula is C25H33ClN2O3S. The molecule has 174 valence electrons. The van der Waals surface area contributed by atoms with Gasteiger partial charge in [-0.15, -0.1) is 11.8 Å². The van der Waals surface area contributed by atoms with Crippen molar-refractivity contribution in [1.82, 2.24) is 10.2 Å². The molecule has 0 fully saturated rings. The van der Waals surface area contributed by atoms with Gasteiger partial charge in [0.1, 0.15) is 11.8 Å². The first kappa shape index (κ1) is 26.1. The molecule has 0 saturated carbocycles. The van der Waals surface area contributed by atoms with E-state index in [0.29, 0.717) is 36.2 Å². The van der Waals surface area contributed by atoms with E-state index in [2.05, 4.69) is 5.32 Å². The van der Waals surface area contributed by atoms with Crippen LogP contribution in [0.4, 0.5) is 0 Å². The molecule has 2 aromatic rings. The maximum Gasteiger partial charge on any atom is 0.242 e. The predicted molar refractivity (Wildman–Crippen MR) is 133 cm³/mol. The minimum absolute atomic E-state index is 0.0728. The fourth-order valence-corrected chi connectivity index (χ4v) is 4.45. The Morgan fingerprint density at radius 1 is 1.16 bits per heavy atom. The predicted octanol–water partition coefficient (Wildman–Crippen LogP) is 5.16. The smallest absolute Gasteiger partial charge is 0.242 e. The Morgan fingerprint density at radius 2 is 1.91 bits per heavy atom. The number of benzene rings is 2. The zero-order valence-electron chi connectivity index (χ0n) is 19.3. The van der Waals surface area contributed by atoms with Crippen molar-refractivity contribution in [2.75, 3.05) is 19.4 Å². The molecule has 7 heteroatoms. The van der Waals surface area contributed by atoms with Gasteiger partial charge < -0.3 is 15.0 Å². The van der Waals surface area contributed by atoms with Crippen molar-refractivity contribution in [2.45, 2.75) is 45.5 Å². The van der Waals surface area contributed by atoms with Crippen molar-refractivity contribution in [2.24, 2.45) is 5.92 Å². The third-order valence-corrected chi connectivity index (χ3v) is 6.33. The zero-order chi connectivity index (χ0) is 23.5. The van der Waals surface area contributed by atoms with Gasteiger partial charge in [-0.25, -0.2) is 0 Å². The van der Waals surface area contributed by atoms with Crippen LogP contribution in [0.15, 0.2) is 48.5 Å². The van der Waals surface area contributed by atoms with Crippen LogP contribution in [0.1, 0.15) is 38.3 Å². The highest BCUT2D eigenvalue weighted by Gasteiger charge is 2.28. The summed E-state index contributed by atoms with van der Waals surface area (Å²) in [5.74, 6) is 1.77. The van der Waals surface area contributed by atoms with Crippen LogP contribution in [-0.4, -0.2) is 42.2 Å². The molecule has 0 aliphatic rings. The highest BCUT2D eigenvalue weighted by atomic mass is 35.5. The SMILES string of the molecule is CC[C@H](C(=O)NCC(C)C)N(Cc1cccc(OC)c1)C(=O)CSCc1ccccc1Cl. The number of nitrogens with zero attached hydrogens (tertiary/aromatic N) is 1. The number of ether oxygens (including phenoxy) is 1. The quantitative estimate of drug-likeness (QED) is 0.459. The molecule has 0 aromatic heterocycles. The molecule has 2 rings (SSSR count). The molecule has 0 saturated heterocycles. The van der Waals surface area contributed by atoms with Crippen molar-refractivity contribution in [3.8, 4) is 5.75 Å². The summed E-state index contributed by atoms with van der Waals surface area (Å²) >= 11 is 7.74. The van der Waals surface area contributed by atoms with Gasteiger partial charge in [-0.3, -0.25) is 9.59 Å². The summed E-state index contributed by atoms with van der Waals surface area (Å²) in [7, 11) is 1.61. The third-order valence-electron chi connectivity index (χ3n) is 5.00. The average molecular weight is 477 g/mol. The van der Waals surface area contributed by atoms with Crippen LogP contribution < -0.4 is 10.1 Å². The van der Waals surface area contributed by atoms with Crippen LogP contribution in [0, 0.1) is 5.92 Å². The Kier molecular flexibility index (Phi) is 10.9. The first-order valence-electron chi connectivity index (χ1n) is 10.9. The summed E-state index contributed by atoms with van der Waals surface area (Å²) in [6.07, 6.45) is 0.537. The molecule has 32 heavy (non-hydrogen) atoms. The second-order valence-corrected chi connectivity index (χ2v) is 9.41. The van der Waals surface area contributed by atoms with E-state index in [1.807, 2.05) is 69.3 Å². The summed E-state index contributed by atoms with van der Waals surface area (Å²) < 4.78 is 5.32. The molecule has 0 aliphatic carbocycles. The van der Waals surface area contributed by atoms with E-state index >= 15 is 0 Å². The molecule has 0 spiro atoms. The summed E-state index contributed by atoms with van der Waals surface area (Å²) in [6, 6.07) is 14.7. The number of thioether (sulfide) groups is 1. The Morgan fingerprint density at radius 3 is 2.56 bits per heavy atom. The maximum atomic E-state index is 13.3. The highest BCUT2D eigenvalue weighted by molar-refractivity contribution is 7.99. The number of rotatable bonds is 12. The molecule has 2 amide bonds. The van der Waals surface area contributed by atoms with Crippen LogP contribution in [0.2, 0.25) is 5.02 Å². The van der Waals surface area contributed by atoms with Crippen molar-refractivity contribution in [1.29, 1.82) is 0 Å². The maximum absolute atomic E-state index is 13.3. The molecule has 0 unspecified atom stereocenters. The summed E-state index contributed by atoms with van der Waals surface area (Å²) in [4.78, 5) is 27.9. The normalized spacial score (nSPS) is 11.8. The van der Waals surface area contributed by atoms with E-state index < -0.39 is 6.04 Å². The Balaban J connectivity index is 2.16. The second-order valence-electron chi connectivity index (χ2n) is 8.02. The number of nitrogens with one attached hydrogen (secondary N) is 1. The number of carbonyl (C=O) groups excluding carboxylic acids is 2. The topological polar surface area (TPSA) is 58.6 Å². The third kappa shape index (κ3) is 8.06. The van der Waals surface area contributed by atoms with Crippen LogP contribution in [0.25, 0.3) is 0 Å². The lowest BCUT2D eigenvalue weighted by Crippen LogP contribution is -2.50. The van der Waals surface area contributed by atoms with Crippen molar-refractivity contribution in [3.05, 3.63) is 64.7 Å². The zero-order valence-corrected chi connectivity index (χ0v) is 20.8. The summed E-state index contributed by atoms with van der Waals surface area (Å²) in [6.45, 7) is 6.95. The van der Waals surface area contributed by atoms with E-state index in [1.54, 1.807) is 12.0 Å². The fraction of sp³-hybridized carbons (Fsp3) is 0.440. The van der Waals surface area contributed by atoms with Gasteiger partial charge in [0.05, 0.1) is 12.9 Å². The number of hydrogen-bond donors (Lipinski definition) is 1. The number of carbonyl (C=O) groups is 2. The number of amides is 2. The second kappa shape index (κ2) is 13.4. The number of halogens is 1. The van der Waals surface area contributed by atoms with Gasteiger partial charge >= 0.3 is 0 Å². The standard InChI is InChI=1S/C25H33ClN2O3S/c1-5-23(25(30)27-14-18(2)3)28(15-19-9-8-11-21(13-19)31-4)24(29)17-32-16-20-10-6-7-12-22(20)26/h6-13,18,23H,5,14-17H2,1-4H3,(H,27,30)/t23-/m1/s1. The molecule has 0 bridgehead atoms. The lowest BCUT2D eigenvalue weighted by Gasteiger charge is -2.31. The molecule has 5 nitrogen and oxygen atoms in total. The van der Waals surface area contributed by atoms with Crippen molar-refractivity contribution in [3.63, 3.8) is 0 Å². The van der Waals surface area contributed by atoms with Crippen molar-refractivity contribution >= 4 is 35.2 Å². The van der Waals surface area contributed by atoms with Gasteiger partial charge in [0.2, 0.25) is 11.8 Å². The monoisotopic (exact) mass is 476 g/mol. The van der Waals surface area contributed by atoms with Crippen LogP contribution >= 0.6 is 23.4 Å². The van der Waals surface area contributed by atoms with Gasteiger partial charge in [0.15, 0.2) is 0 Å². The minimum atomic E-state index is -0.534. The molecule has 0 aliphatic heterocycles. The van der Waals surface area contributed by atoms with E-state index in [1.165, 1.54) is 11.8 Å². The Bertz CT molecular complexity index is 891. The van der Waals surface area contributed by atoms with Gasteiger partial charge in [0, 0.05) is 23.9 Å². The average Bonchev–Trinajstić information content (AvgIpc) is 2.78. The van der Waals surface area contributed by atoms with E-state index in [9.17, 15) is 9.59 Å². The van der Waals surface area contributed by atoms with Gasteiger partial charge in [-0.05, 0) is 41.7 Å². The minimum Gasteiger partial charge on any atom is -0.497 e. The molecule has 0 radical (unpaired) electrons. The Labute approximate surface area is 200 Å². The first-order valence-corrected chi connectivity index (χ1v) is 12.4. The van der Waals surface area contributed by atoms with Gasteiger partial charge in [-0.2, -0.15) is 0 Å². The fourth-order valence-electron chi connectivity index (χ4n) is 3.26.